The van der Waals surface area contributed by atoms with Crippen molar-refractivity contribution in [2.45, 2.75) is 20.4 Å². The Morgan fingerprint density at radius 2 is 1.60 bits per heavy atom. The largest absolute Gasteiger partial charge is 0.383 e. The number of aromatic nitrogens is 3. The molecule has 2 aromatic carbocycles. The minimum absolute atomic E-state index is 0.0324. The molecule has 0 saturated heterocycles. The SMILES string of the molecule is COCCNC(=O)c1nn(-c2ccc(C)cc2)c(=O)n(Cc2ccc(C)cc2)c1=O. The number of rotatable bonds is 7. The molecule has 0 spiro atoms. The second-order valence-corrected chi connectivity index (χ2v) is 7.00. The van der Waals surface area contributed by atoms with Gasteiger partial charge in [0, 0.05) is 13.7 Å². The van der Waals surface area contributed by atoms with Crippen molar-refractivity contribution < 1.29 is 9.53 Å². The van der Waals surface area contributed by atoms with Gasteiger partial charge in [-0.15, -0.1) is 0 Å². The number of nitrogens with one attached hydrogen (secondary N) is 1. The molecular weight excluding hydrogens is 384 g/mol. The van der Waals surface area contributed by atoms with Crippen LogP contribution < -0.4 is 16.6 Å². The lowest BCUT2D eigenvalue weighted by Crippen LogP contribution is -2.46. The van der Waals surface area contributed by atoms with Crippen LogP contribution in [-0.2, 0) is 11.3 Å². The second kappa shape index (κ2) is 9.32. The normalized spacial score (nSPS) is 10.8. The summed E-state index contributed by atoms with van der Waals surface area (Å²) in [5.74, 6) is -0.657. The topological polar surface area (TPSA) is 95.2 Å². The number of carbonyl (C=O) groups is 1. The Morgan fingerprint density at radius 1 is 1.00 bits per heavy atom. The molecule has 156 valence electrons. The molecule has 3 rings (SSSR count). The highest BCUT2D eigenvalue weighted by molar-refractivity contribution is 5.91. The van der Waals surface area contributed by atoms with Crippen molar-refractivity contribution in [3.8, 4) is 5.69 Å². The molecule has 1 N–H and O–H groups in total. The van der Waals surface area contributed by atoms with E-state index in [-0.39, 0.29) is 18.8 Å². The molecule has 0 aliphatic rings. The maximum atomic E-state index is 13.1. The summed E-state index contributed by atoms with van der Waals surface area (Å²) < 4.78 is 7.03. The molecule has 8 heteroatoms. The van der Waals surface area contributed by atoms with Crippen LogP contribution in [0.5, 0.6) is 0 Å². The Hall–Kier alpha value is -3.52. The van der Waals surface area contributed by atoms with Gasteiger partial charge in [-0.3, -0.25) is 14.2 Å². The van der Waals surface area contributed by atoms with Gasteiger partial charge in [-0.2, -0.15) is 9.78 Å². The Morgan fingerprint density at radius 3 is 2.20 bits per heavy atom. The van der Waals surface area contributed by atoms with E-state index in [0.717, 1.165) is 25.9 Å². The standard InChI is InChI=1S/C22H24N4O4/c1-15-4-8-17(9-5-15)14-25-21(28)19(20(27)23-12-13-30-3)24-26(22(25)29)18-10-6-16(2)7-11-18/h4-11H,12-14H2,1-3H3,(H,23,27). The molecule has 0 unspecified atom stereocenters. The van der Waals surface area contributed by atoms with Crippen LogP contribution in [0.1, 0.15) is 27.2 Å². The highest BCUT2D eigenvalue weighted by atomic mass is 16.5. The lowest BCUT2D eigenvalue weighted by atomic mass is 10.1. The van der Waals surface area contributed by atoms with Crippen molar-refractivity contribution in [1.29, 1.82) is 0 Å². The summed E-state index contributed by atoms with van der Waals surface area (Å²) in [6, 6.07) is 14.6. The molecule has 0 aliphatic heterocycles. The van der Waals surface area contributed by atoms with Crippen LogP contribution in [0.2, 0.25) is 0 Å². The highest BCUT2D eigenvalue weighted by Crippen LogP contribution is 2.07. The van der Waals surface area contributed by atoms with Gasteiger partial charge in [0.15, 0.2) is 0 Å². The van der Waals surface area contributed by atoms with E-state index >= 15 is 0 Å². The van der Waals surface area contributed by atoms with E-state index in [9.17, 15) is 14.4 Å². The van der Waals surface area contributed by atoms with Crippen LogP contribution in [0.15, 0.2) is 58.1 Å². The minimum atomic E-state index is -0.737. The van der Waals surface area contributed by atoms with Crippen LogP contribution in [0, 0.1) is 13.8 Å². The van der Waals surface area contributed by atoms with Gasteiger partial charge in [-0.1, -0.05) is 47.5 Å². The van der Waals surface area contributed by atoms with E-state index in [1.807, 2.05) is 50.2 Å². The van der Waals surface area contributed by atoms with E-state index in [4.69, 9.17) is 4.74 Å². The number of carbonyl (C=O) groups excluding carboxylic acids is 1. The summed E-state index contributed by atoms with van der Waals surface area (Å²) in [4.78, 5) is 38.6. The maximum Gasteiger partial charge on any atom is 0.352 e. The molecule has 0 bridgehead atoms. The molecule has 0 saturated carbocycles. The van der Waals surface area contributed by atoms with Gasteiger partial charge in [0.05, 0.1) is 18.8 Å². The first-order valence-corrected chi connectivity index (χ1v) is 9.54. The zero-order valence-electron chi connectivity index (χ0n) is 17.2. The van der Waals surface area contributed by atoms with Crippen LogP contribution in [0.25, 0.3) is 5.69 Å². The fourth-order valence-corrected chi connectivity index (χ4v) is 2.88. The third kappa shape index (κ3) is 4.72. The van der Waals surface area contributed by atoms with Crippen LogP contribution >= 0.6 is 0 Å². The number of amides is 1. The van der Waals surface area contributed by atoms with Crippen LogP contribution in [0.4, 0.5) is 0 Å². The molecule has 3 aromatic rings. The lowest BCUT2D eigenvalue weighted by molar-refractivity contribution is 0.0927. The van der Waals surface area contributed by atoms with Gasteiger partial charge in [0.2, 0.25) is 5.69 Å². The third-order valence-corrected chi connectivity index (χ3v) is 4.61. The number of benzene rings is 2. The van der Waals surface area contributed by atoms with E-state index < -0.39 is 17.2 Å². The average molecular weight is 408 g/mol. The second-order valence-electron chi connectivity index (χ2n) is 7.00. The molecule has 0 atom stereocenters. The Labute approximate surface area is 173 Å². The first kappa shape index (κ1) is 21.2. The Bertz CT molecular complexity index is 1150. The van der Waals surface area contributed by atoms with Crippen molar-refractivity contribution in [1.82, 2.24) is 19.7 Å². The van der Waals surface area contributed by atoms with Gasteiger partial charge in [0.1, 0.15) is 0 Å². The fourth-order valence-electron chi connectivity index (χ4n) is 2.88. The minimum Gasteiger partial charge on any atom is -0.383 e. The predicted octanol–water partition coefficient (Wildman–Crippen LogP) is 1.44. The zero-order valence-corrected chi connectivity index (χ0v) is 17.2. The van der Waals surface area contributed by atoms with Crippen molar-refractivity contribution in [2.24, 2.45) is 0 Å². The van der Waals surface area contributed by atoms with Crippen LogP contribution in [-0.4, -0.2) is 40.5 Å². The van der Waals surface area contributed by atoms with Gasteiger partial charge in [-0.25, -0.2) is 4.79 Å². The molecule has 0 fully saturated rings. The van der Waals surface area contributed by atoms with Crippen molar-refractivity contribution in [3.63, 3.8) is 0 Å². The molecule has 30 heavy (non-hydrogen) atoms. The van der Waals surface area contributed by atoms with Gasteiger partial charge >= 0.3 is 5.69 Å². The van der Waals surface area contributed by atoms with Crippen LogP contribution in [0.3, 0.4) is 0 Å². The fraction of sp³-hybridized carbons (Fsp3) is 0.273. The predicted molar refractivity (Wildman–Crippen MR) is 113 cm³/mol. The van der Waals surface area contributed by atoms with Crippen molar-refractivity contribution >= 4 is 5.91 Å². The average Bonchev–Trinajstić information content (AvgIpc) is 2.73. The molecular formula is C22H24N4O4. The Kier molecular flexibility index (Phi) is 6.58. The highest BCUT2D eigenvalue weighted by Gasteiger charge is 2.20. The summed E-state index contributed by atoms with van der Waals surface area (Å²) in [7, 11) is 1.51. The van der Waals surface area contributed by atoms with E-state index in [1.54, 1.807) is 12.1 Å². The third-order valence-electron chi connectivity index (χ3n) is 4.61. The number of aryl methyl sites for hydroxylation is 2. The molecule has 1 aromatic heterocycles. The summed E-state index contributed by atoms with van der Waals surface area (Å²) in [6.07, 6.45) is 0. The van der Waals surface area contributed by atoms with Gasteiger partial charge in [-0.05, 0) is 31.5 Å². The molecule has 1 heterocycles. The number of hydrogen-bond acceptors (Lipinski definition) is 5. The summed E-state index contributed by atoms with van der Waals surface area (Å²) >= 11 is 0. The number of methoxy groups -OCH3 is 1. The van der Waals surface area contributed by atoms with Crippen molar-refractivity contribution in [2.75, 3.05) is 20.3 Å². The first-order valence-electron chi connectivity index (χ1n) is 9.54. The lowest BCUT2D eigenvalue weighted by Gasteiger charge is -2.12. The number of hydrogen-bond donors (Lipinski definition) is 1. The maximum absolute atomic E-state index is 13.1. The zero-order chi connectivity index (χ0) is 21.7. The van der Waals surface area contributed by atoms with Gasteiger partial charge in [0.25, 0.3) is 11.5 Å². The van der Waals surface area contributed by atoms with E-state index in [1.165, 1.54) is 7.11 Å². The van der Waals surface area contributed by atoms with Crippen molar-refractivity contribution in [3.05, 3.63) is 91.8 Å². The number of nitrogens with zero attached hydrogens (tertiary/aromatic N) is 3. The molecule has 1 amide bonds. The summed E-state index contributed by atoms with van der Waals surface area (Å²) in [5.41, 5.74) is 1.62. The smallest absolute Gasteiger partial charge is 0.352 e. The van der Waals surface area contributed by atoms with E-state index in [2.05, 4.69) is 10.4 Å². The molecule has 0 aliphatic carbocycles. The number of ether oxygens (including phenoxy) is 1. The monoisotopic (exact) mass is 408 g/mol. The quantitative estimate of drug-likeness (QED) is 0.597. The Balaban J connectivity index is 2.12. The van der Waals surface area contributed by atoms with Gasteiger partial charge < -0.3 is 10.1 Å². The molecule has 8 nitrogen and oxygen atoms in total. The molecule has 0 radical (unpaired) electrons. The summed E-state index contributed by atoms with van der Waals surface area (Å²) in [5, 5.41) is 6.68. The first-order chi connectivity index (χ1) is 14.4. The van der Waals surface area contributed by atoms with E-state index in [0.29, 0.717) is 12.3 Å². The summed E-state index contributed by atoms with van der Waals surface area (Å²) in [6.45, 7) is 4.42.